The molecule has 106 valence electrons. The largest absolute Gasteiger partial charge is 0.355 e. The molecule has 0 saturated carbocycles. The Labute approximate surface area is 125 Å². The number of aromatic amines is 1. The average Bonchev–Trinajstić information content (AvgIpc) is 3.11. The predicted octanol–water partition coefficient (Wildman–Crippen LogP) is 2.65. The molecule has 20 heavy (non-hydrogen) atoms. The van der Waals surface area contributed by atoms with Crippen LogP contribution in [-0.4, -0.2) is 33.4 Å². The number of H-pyrrole nitrogens is 1. The van der Waals surface area contributed by atoms with Gasteiger partial charge in [0, 0.05) is 11.4 Å². The number of nitrogens with one attached hydrogen (secondary N) is 2. The molecule has 2 heterocycles. The summed E-state index contributed by atoms with van der Waals surface area (Å²) in [6.07, 6.45) is 4.79. The van der Waals surface area contributed by atoms with E-state index in [-0.39, 0.29) is 5.91 Å². The Morgan fingerprint density at radius 1 is 1.55 bits per heavy atom. The fraction of sp³-hybridized carbons (Fsp3) is 0.308. The minimum absolute atomic E-state index is 0.0114. The first-order valence-corrected chi connectivity index (χ1v) is 8.18. The molecule has 1 amide bonds. The van der Waals surface area contributed by atoms with Crippen LogP contribution in [0.25, 0.3) is 12.2 Å². The van der Waals surface area contributed by atoms with Gasteiger partial charge in [0.15, 0.2) is 0 Å². The van der Waals surface area contributed by atoms with Gasteiger partial charge in [0.1, 0.15) is 5.82 Å². The maximum Gasteiger partial charge on any atom is 0.230 e. The molecular formula is C13H16N4OS2. The topological polar surface area (TPSA) is 70.7 Å². The number of carbonyl (C=O) groups is 1. The first kappa shape index (κ1) is 14.8. The fourth-order valence-corrected chi connectivity index (χ4v) is 2.64. The minimum atomic E-state index is 0.0114. The molecule has 0 aliphatic carbocycles. The molecule has 0 aliphatic rings. The zero-order valence-electron chi connectivity index (χ0n) is 11.1. The van der Waals surface area contributed by atoms with Crippen molar-refractivity contribution in [1.82, 2.24) is 20.5 Å². The zero-order chi connectivity index (χ0) is 14.2. The quantitative estimate of drug-likeness (QED) is 0.771. The second kappa shape index (κ2) is 7.86. The van der Waals surface area contributed by atoms with Gasteiger partial charge in [0.25, 0.3) is 0 Å². The van der Waals surface area contributed by atoms with Crippen molar-refractivity contribution >= 4 is 41.2 Å². The average molecular weight is 308 g/mol. The predicted molar refractivity (Wildman–Crippen MR) is 83.7 cm³/mol. The molecule has 0 saturated heterocycles. The Bertz CT molecular complexity index is 563. The van der Waals surface area contributed by atoms with Crippen LogP contribution in [-0.2, 0) is 4.79 Å². The minimum Gasteiger partial charge on any atom is -0.355 e. The van der Waals surface area contributed by atoms with Gasteiger partial charge in [-0.15, -0.1) is 16.4 Å². The Morgan fingerprint density at radius 3 is 3.20 bits per heavy atom. The van der Waals surface area contributed by atoms with Gasteiger partial charge in [0.2, 0.25) is 11.1 Å². The van der Waals surface area contributed by atoms with Crippen LogP contribution in [0.1, 0.15) is 24.0 Å². The number of thiophene rings is 1. The molecule has 0 spiro atoms. The van der Waals surface area contributed by atoms with Crippen molar-refractivity contribution < 1.29 is 4.79 Å². The van der Waals surface area contributed by atoms with Gasteiger partial charge in [-0.3, -0.25) is 9.89 Å². The van der Waals surface area contributed by atoms with E-state index in [9.17, 15) is 4.79 Å². The normalized spacial score (nSPS) is 11.1. The van der Waals surface area contributed by atoms with Crippen molar-refractivity contribution in [2.24, 2.45) is 0 Å². The third kappa shape index (κ3) is 4.82. The monoisotopic (exact) mass is 308 g/mol. The zero-order valence-corrected chi connectivity index (χ0v) is 12.8. The molecule has 7 heteroatoms. The van der Waals surface area contributed by atoms with Crippen LogP contribution in [0.4, 0.5) is 0 Å². The molecule has 2 rings (SSSR count). The summed E-state index contributed by atoms with van der Waals surface area (Å²) in [4.78, 5) is 16.9. The Kier molecular flexibility index (Phi) is 5.82. The summed E-state index contributed by atoms with van der Waals surface area (Å²) in [5.74, 6) is 1.04. The lowest BCUT2D eigenvalue weighted by Crippen LogP contribution is -2.25. The number of rotatable bonds is 7. The van der Waals surface area contributed by atoms with Crippen molar-refractivity contribution in [1.29, 1.82) is 0 Å². The third-order valence-electron chi connectivity index (χ3n) is 2.34. The van der Waals surface area contributed by atoms with Crippen LogP contribution < -0.4 is 5.32 Å². The van der Waals surface area contributed by atoms with Gasteiger partial charge in [-0.25, -0.2) is 4.98 Å². The van der Waals surface area contributed by atoms with E-state index in [0.717, 1.165) is 11.3 Å². The second-order valence-electron chi connectivity index (χ2n) is 3.99. The van der Waals surface area contributed by atoms with Crippen molar-refractivity contribution in [2.75, 3.05) is 12.3 Å². The van der Waals surface area contributed by atoms with E-state index in [1.807, 2.05) is 36.6 Å². The molecular weight excluding hydrogens is 292 g/mol. The van der Waals surface area contributed by atoms with Gasteiger partial charge >= 0.3 is 0 Å². The summed E-state index contributed by atoms with van der Waals surface area (Å²) in [5, 5.41) is 12.3. The van der Waals surface area contributed by atoms with E-state index in [2.05, 4.69) is 20.5 Å². The van der Waals surface area contributed by atoms with Gasteiger partial charge in [0.05, 0.1) is 5.75 Å². The maximum absolute atomic E-state index is 11.5. The summed E-state index contributed by atoms with van der Waals surface area (Å²) in [5.41, 5.74) is 0. The van der Waals surface area contributed by atoms with Crippen molar-refractivity contribution in [3.63, 3.8) is 0 Å². The molecule has 0 aromatic carbocycles. The third-order valence-corrected chi connectivity index (χ3v) is 4.02. The number of amides is 1. The molecule has 0 aliphatic heterocycles. The van der Waals surface area contributed by atoms with E-state index in [1.54, 1.807) is 11.3 Å². The van der Waals surface area contributed by atoms with E-state index in [0.29, 0.717) is 23.3 Å². The number of thioether (sulfide) groups is 1. The molecule has 0 fully saturated rings. The Morgan fingerprint density at radius 2 is 2.45 bits per heavy atom. The highest BCUT2D eigenvalue weighted by molar-refractivity contribution is 7.99. The van der Waals surface area contributed by atoms with Gasteiger partial charge < -0.3 is 5.32 Å². The summed E-state index contributed by atoms with van der Waals surface area (Å²) >= 11 is 2.99. The molecule has 0 atom stereocenters. The molecule has 5 nitrogen and oxygen atoms in total. The van der Waals surface area contributed by atoms with Crippen LogP contribution in [0.3, 0.4) is 0 Å². The summed E-state index contributed by atoms with van der Waals surface area (Å²) in [6, 6.07) is 4.03. The van der Waals surface area contributed by atoms with Crippen molar-refractivity contribution in [2.45, 2.75) is 18.5 Å². The molecule has 2 N–H and O–H groups in total. The van der Waals surface area contributed by atoms with Crippen LogP contribution in [0.2, 0.25) is 0 Å². The molecule has 0 bridgehead atoms. The molecule has 0 radical (unpaired) electrons. The van der Waals surface area contributed by atoms with Crippen LogP contribution >= 0.6 is 23.1 Å². The SMILES string of the molecule is CCCNC(=O)CSc1n[nH]c(C=Cc2cccs2)n1. The standard InChI is InChI=1S/C13H16N4OS2/c1-2-7-14-12(18)9-20-13-15-11(16-17-13)6-5-10-4-3-8-19-10/h3-6,8H,2,7,9H2,1H3,(H,14,18)(H,15,16,17). The molecule has 2 aromatic rings. The lowest BCUT2D eigenvalue weighted by Gasteiger charge is -2.00. The summed E-state index contributed by atoms with van der Waals surface area (Å²) in [6.45, 7) is 2.73. The van der Waals surface area contributed by atoms with E-state index in [4.69, 9.17) is 0 Å². The smallest absolute Gasteiger partial charge is 0.230 e. The Balaban J connectivity index is 1.81. The van der Waals surface area contributed by atoms with E-state index < -0.39 is 0 Å². The first-order valence-electron chi connectivity index (χ1n) is 6.31. The number of carbonyl (C=O) groups excluding carboxylic acids is 1. The number of hydrogen-bond donors (Lipinski definition) is 2. The van der Waals surface area contributed by atoms with Crippen molar-refractivity contribution in [3.05, 3.63) is 28.2 Å². The maximum atomic E-state index is 11.5. The first-order chi connectivity index (χ1) is 9.78. The summed E-state index contributed by atoms with van der Waals surface area (Å²) < 4.78 is 0. The fourth-order valence-electron chi connectivity index (χ4n) is 1.39. The number of aromatic nitrogens is 3. The lowest BCUT2D eigenvalue weighted by molar-refractivity contribution is -0.118. The van der Waals surface area contributed by atoms with Gasteiger partial charge in [-0.2, -0.15) is 0 Å². The van der Waals surface area contributed by atoms with E-state index >= 15 is 0 Å². The van der Waals surface area contributed by atoms with Gasteiger partial charge in [-0.05, 0) is 30.0 Å². The van der Waals surface area contributed by atoms with Gasteiger partial charge in [-0.1, -0.05) is 24.8 Å². The second-order valence-corrected chi connectivity index (χ2v) is 5.91. The summed E-state index contributed by atoms with van der Waals surface area (Å²) in [7, 11) is 0. The molecule has 0 unspecified atom stereocenters. The highest BCUT2D eigenvalue weighted by Gasteiger charge is 2.05. The van der Waals surface area contributed by atoms with Crippen LogP contribution in [0.15, 0.2) is 22.7 Å². The number of hydrogen-bond acceptors (Lipinski definition) is 5. The van der Waals surface area contributed by atoms with Crippen molar-refractivity contribution in [3.8, 4) is 0 Å². The van der Waals surface area contributed by atoms with E-state index in [1.165, 1.54) is 11.8 Å². The lowest BCUT2D eigenvalue weighted by atomic mass is 10.4. The highest BCUT2D eigenvalue weighted by Crippen LogP contribution is 2.14. The van der Waals surface area contributed by atoms with Crippen LogP contribution in [0.5, 0.6) is 0 Å². The highest BCUT2D eigenvalue weighted by atomic mass is 32.2. The molecule has 2 aromatic heterocycles. The van der Waals surface area contributed by atoms with Crippen LogP contribution in [0, 0.1) is 0 Å². The number of nitrogens with zero attached hydrogens (tertiary/aromatic N) is 2. The Hall–Kier alpha value is -1.60.